The molecule has 5 rings (SSSR count). The van der Waals surface area contributed by atoms with Gasteiger partial charge in [-0.1, -0.05) is 42.1 Å². The number of rotatable bonds is 6. The Morgan fingerprint density at radius 3 is 2.68 bits per heavy atom. The normalized spacial score (nSPS) is 19.0. The van der Waals surface area contributed by atoms with Gasteiger partial charge in [-0.3, -0.25) is 4.79 Å². The molecule has 160 valence electrons. The van der Waals surface area contributed by atoms with Gasteiger partial charge >= 0.3 is 0 Å². The summed E-state index contributed by atoms with van der Waals surface area (Å²) in [6.45, 7) is 1.60. The number of carbonyl (C=O) groups is 1. The van der Waals surface area contributed by atoms with Gasteiger partial charge in [0.1, 0.15) is 5.52 Å². The molecule has 0 atom stereocenters. The van der Waals surface area contributed by atoms with Crippen molar-refractivity contribution in [3.63, 3.8) is 0 Å². The van der Waals surface area contributed by atoms with Crippen LogP contribution >= 0.6 is 11.8 Å². The molecule has 3 aromatic heterocycles. The van der Waals surface area contributed by atoms with E-state index >= 15 is 0 Å². The molecule has 0 N–H and O–H groups in total. The molecule has 0 amide bonds. The number of benzene rings is 1. The van der Waals surface area contributed by atoms with Crippen molar-refractivity contribution in [2.75, 3.05) is 5.75 Å². The maximum absolute atomic E-state index is 13.1. The SMILES string of the molecule is CC(=O)SC[C@H]1C[C@@H](n2cnc3cnc4c(ccn4S(=O)(=O)Cc4ccccc4)c32)C1. The smallest absolute Gasteiger partial charge is 0.244 e. The van der Waals surface area contributed by atoms with Crippen LogP contribution in [0.4, 0.5) is 0 Å². The van der Waals surface area contributed by atoms with Gasteiger partial charge < -0.3 is 4.57 Å². The monoisotopic (exact) mass is 454 g/mol. The molecule has 0 aliphatic heterocycles. The van der Waals surface area contributed by atoms with Crippen LogP contribution in [0.3, 0.4) is 0 Å². The molecule has 3 heterocycles. The molecular formula is C22H22N4O3S2. The third kappa shape index (κ3) is 3.76. The summed E-state index contributed by atoms with van der Waals surface area (Å²) < 4.78 is 29.6. The number of pyridine rings is 1. The molecule has 1 saturated carbocycles. The van der Waals surface area contributed by atoms with E-state index in [2.05, 4.69) is 14.5 Å². The first-order valence-corrected chi connectivity index (χ1v) is 12.7. The molecule has 31 heavy (non-hydrogen) atoms. The first kappa shape index (κ1) is 20.3. The predicted octanol–water partition coefficient (Wildman–Crippen LogP) is 3.99. The highest BCUT2D eigenvalue weighted by Crippen LogP contribution is 2.42. The average molecular weight is 455 g/mol. The van der Waals surface area contributed by atoms with Gasteiger partial charge in [-0.25, -0.2) is 22.4 Å². The Bertz CT molecular complexity index is 1370. The highest BCUT2D eigenvalue weighted by atomic mass is 32.2. The second kappa shape index (κ2) is 7.80. The lowest BCUT2D eigenvalue weighted by Gasteiger charge is -2.36. The van der Waals surface area contributed by atoms with Crippen LogP contribution in [0.5, 0.6) is 0 Å². The third-order valence-electron chi connectivity index (χ3n) is 5.83. The van der Waals surface area contributed by atoms with E-state index in [1.54, 1.807) is 31.5 Å². The van der Waals surface area contributed by atoms with Gasteiger partial charge in [0, 0.05) is 30.3 Å². The van der Waals surface area contributed by atoms with E-state index in [1.165, 1.54) is 15.7 Å². The minimum atomic E-state index is -3.61. The minimum absolute atomic E-state index is 0.0886. The molecule has 0 unspecified atom stereocenters. The quantitative estimate of drug-likeness (QED) is 0.438. The Morgan fingerprint density at radius 2 is 1.94 bits per heavy atom. The van der Waals surface area contributed by atoms with Gasteiger partial charge in [0.05, 0.1) is 23.8 Å². The third-order valence-corrected chi connectivity index (χ3v) is 8.47. The summed E-state index contributed by atoms with van der Waals surface area (Å²) >= 11 is 1.38. The van der Waals surface area contributed by atoms with Crippen LogP contribution in [0.25, 0.3) is 22.1 Å². The van der Waals surface area contributed by atoms with Crippen LogP contribution in [-0.2, 0) is 20.6 Å². The van der Waals surface area contributed by atoms with E-state index in [9.17, 15) is 13.2 Å². The van der Waals surface area contributed by atoms with Crippen LogP contribution in [0.15, 0.2) is 55.1 Å². The van der Waals surface area contributed by atoms with Crippen molar-refractivity contribution in [1.82, 2.24) is 18.5 Å². The summed E-state index contributed by atoms with van der Waals surface area (Å²) in [7, 11) is -3.61. The molecule has 0 spiro atoms. The van der Waals surface area contributed by atoms with E-state index in [0.717, 1.165) is 40.6 Å². The van der Waals surface area contributed by atoms with Gasteiger partial charge in [0.2, 0.25) is 10.0 Å². The summed E-state index contributed by atoms with van der Waals surface area (Å²) in [4.78, 5) is 20.1. The van der Waals surface area contributed by atoms with Crippen molar-refractivity contribution in [2.45, 2.75) is 31.6 Å². The highest BCUT2D eigenvalue weighted by Gasteiger charge is 2.32. The zero-order valence-electron chi connectivity index (χ0n) is 17.0. The summed E-state index contributed by atoms with van der Waals surface area (Å²) in [5, 5.41) is 0.940. The van der Waals surface area contributed by atoms with Gasteiger partial charge in [0.15, 0.2) is 10.8 Å². The van der Waals surface area contributed by atoms with Crippen LogP contribution in [0.1, 0.15) is 31.4 Å². The second-order valence-electron chi connectivity index (χ2n) is 8.03. The van der Waals surface area contributed by atoms with E-state index < -0.39 is 10.0 Å². The van der Waals surface area contributed by atoms with Gasteiger partial charge in [-0.15, -0.1) is 0 Å². The van der Waals surface area contributed by atoms with Crippen molar-refractivity contribution in [1.29, 1.82) is 0 Å². The number of hydrogen-bond donors (Lipinski definition) is 0. The van der Waals surface area contributed by atoms with Gasteiger partial charge in [-0.2, -0.15) is 0 Å². The minimum Gasteiger partial charge on any atom is -0.327 e. The van der Waals surface area contributed by atoms with Crippen LogP contribution < -0.4 is 0 Å². The van der Waals surface area contributed by atoms with Crippen LogP contribution in [0, 0.1) is 5.92 Å². The summed E-state index contributed by atoms with van der Waals surface area (Å²) in [6.07, 6.45) is 7.02. The number of nitrogens with zero attached hydrogens (tertiary/aromatic N) is 4. The maximum atomic E-state index is 13.1. The number of hydrogen-bond acceptors (Lipinski definition) is 6. The molecule has 1 fully saturated rings. The molecule has 4 aromatic rings. The molecule has 0 bridgehead atoms. The molecule has 7 nitrogen and oxygen atoms in total. The first-order chi connectivity index (χ1) is 14.9. The highest BCUT2D eigenvalue weighted by molar-refractivity contribution is 8.13. The molecule has 0 saturated heterocycles. The fourth-order valence-corrected chi connectivity index (χ4v) is 6.39. The lowest BCUT2D eigenvalue weighted by molar-refractivity contribution is -0.109. The Labute approximate surface area is 184 Å². The van der Waals surface area contributed by atoms with Crippen molar-refractivity contribution in [2.24, 2.45) is 5.92 Å². The average Bonchev–Trinajstić information content (AvgIpc) is 3.31. The molecule has 1 aliphatic rings. The summed E-state index contributed by atoms with van der Waals surface area (Å²) in [5.41, 5.74) is 2.83. The number of thioether (sulfide) groups is 1. The lowest BCUT2D eigenvalue weighted by atomic mass is 9.81. The van der Waals surface area contributed by atoms with Gasteiger partial charge in [0.25, 0.3) is 0 Å². The second-order valence-corrected chi connectivity index (χ2v) is 11.1. The Kier molecular flexibility index (Phi) is 5.10. The zero-order chi connectivity index (χ0) is 21.6. The molecule has 1 aromatic carbocycles. The van der Waals surface area contributed by atoms with E-state index in [1.807, 2.05) is 30.6 Å². The lowest BCUT2D eigenvalue weighted by Crippen LogP contribution is -2.28. The van der Waals surface area contributed by atoms with E-state index in [-0.39, 0.29) is 10.9 Å². The Hall–Kier alpha value is -2.65. The van der Waals surface area contributed by atoms with Crippen molar-refractivity contribution < 1.29 is 13.2 Å². The Balaban J connectivity index is 1.47. The number of fused-ring (bicyclic) bond motifs is 3. The first-order valence-electron chi connectivity index (χ1n) is 10.2. The number of carbonyl (C=O) groups excluding carboxylic acids is 1. The fourth-order valence-electron chi connectivity index (χ4n) is 4.24. The Morgan fingerprint density at radius 1 is 1.16 bits per heavy atom. The summed E-state index contributed by atoms with van der Waals surface area (Å²) in [5.74, 6) is 1.28. The predicted molar refractivity (Wildman–Crippen MR) is 122 cm³/mol. The van der Waals surface area contributed by atoms with E-state index in [4.69, 9.17) is 0 Å². The molecule has 0 radical (unpaired) electrons. The van der Waals surface area contributed by atoms with Crippen LogP contribution in [-0.4, -0.2) is 37.8 Å². The summed E-state index contributed by atoms with van der Waals surface area (Å²) in [6, 6.07) is 11.3. The van der Waals surface area contributed by atoms with E-state index in [0.29, 0.717) is 17.6 Å². The molecule has 1 aliphatic carbocycles. The van der Waals surface area contributed by atoms with Crippen molar-refractivity contribution >= 4 is 49.0 Å². The number of imidazole rings is 1. The van der Waals surface area contributed by atoms with Gasteiger partial charge in [-0.05, 0) is 30.4 Å². The standard InChI is InChI=1S/C22H22N4O3S2/c1-15(27)30-12-17-9-18(10-17)25-14-24-20-11-23-22-19(21(20)25)7-8-26(22)31(28,29)13-16-5-3-2-4-6-16/h2-8,11,14,17-18H,9-10,12-13H2,1H3/t17-,18+. The topological polar surface area (TPSA) is 86.8 Å². The maximum Gasteiger partial charge on any atom is 0.244 e. The number of aromatic nitrogens is 4. The molecular weight excluding hydrogens is 432 g/mol. The van der Waals surface area contributed by atoms with Crippen molar-refractivity contribution in [3.8, 4) is 0 Å². The zero-order valence-corrected chi connectivity index (χ0v) is 18.6. The molecule has 9 heteroatoms. The van der Waals surface area contributed by atoms with Crippen LogP contribution in [0.2, 0.25) is 0 Å². The van der Waals surface area contributed by atoms with Crippen molar-refractivity contribution in [3.05, 3.63) is 60.7 Å². The largest absolute Gasteiger partial charge is 0.327 e. The fraction of sp³-hybridized carbons (Fsp3) is 0.318.